The van der Waals surface area contributed by atoms with E-state index < -0.39 is 0 Å². The Hall–Kier alpha value is -2.92. The van der Waals surface area contributed by atoms with E-state index in [1.54, 1.807) is 0 Å². The number of carbonyl (C=O) groups excluding carboxylic acids is 1. The molecule has 1 aromatic heterocycles. The summed E-state index contributed by atoms with van der Waals surface area (Å²) in [7, 11) is 0. The summed E-state index contributed by atoms with van der Waals surface area (Å²) in [5.41, 5.74) is 4.18. The van der Waals surface area contributed by atoms with Gasteiger partial charge in [0, 0.05) is 17.7 Å². The molecule has 0 bridgehead atoms. The van der Waals surface area contributed by atoms with Gasteiger partial charge in [-0.05, 0) is 44.5 Å². The zero-order valence-electron chi connectivity index (χ0n) is 16.8. The second-order valence-electron chi connectivity index (χ2n) is 7.55. The van der Waals surface area contributed by atoms with Crippen LogP contribution in [-0.4, -0.2) is 46.8 Å². The Kier molecular flexibility index (Phi) is 6.37. The highest BCUT2D eigenvalue weighted by Gasteiger charge is 2.16. The second kappa shape index (κ2) is 9.52. The van der Waals surface area contributed by atoms with E-state index in [0.29, 0.717) is 6.54 Å². The summed E-state index contributed by atoms with van der Waals surface area (Å²) in [6.07, 6.45) is 5.46. The van der Waals surface area contributed by atoms with Crippen molar-refractivity contribution in [3.8, 4) is 22.4 Å². The highest BCUT2D eigenvalue weighted by atomic mass is 16.2. The van der Waals surface area contributed by atoms with Gasteiger partial charge in [-0.15, -0.1) is 0 Å². The van der Waals surface area contributed by atoms with Crippen molar-refractivity contribution in [3.63, 3.8) is 0 Å². The van der Waals surface area contributed by atoms with Crippen molar-refractivity contribution in [1.82, 2.24) is 20.0 Å². The molecule has 4 rings (SSSR count). The third kappa shape index (κ3) is 4.93. The summed E-state index contributed by atoms with van der Waals surface area (Å²) in [6, 6.07) is 20.4. The van der Waals surface area contributed by atoms with Crippen molar-refractivity contribution in [2.24, 2.45) is 0 Å². The Morgan fingerprint density at radius 3 is 2.28 bits per heavy atom. The molecule has 0 saturated carbocycles. The highest BCUT2D eigenvalue weighted by Crippen LogP contribution is 2.31. The second-order valence-corrected chi connectivity index (χ2v) is 7.55. The Bertz CT molecular complexity index is 915. The molecule has 0 aliphatic carbocycles. The molecule has 3 aromatic rings. The van der Waals surface area contributed by atoms with Crippen LogP contribution in [0.1, 0.15) is 19.3 Å². The van der Waals surface area contributed by atoms with Gasteiger partial charge in [0.2, 0.25) is 5.91 Å². The molecule has 2 aromatic carbocycles. The minimum absolute atomic E-state index is 0.00585. The van der Waals surface area contributed by atoms with Crippen LogP contribution >= 0.6 is 0 Å². The van der Waals surface area contributed by atoms with Gasteiger partial charge < -0.3 is 10.2 Å². The summed E-state index contributed by atoms with van der Waals surface area (Å²) in [5, 5.41) is 7.60. The molecule has 1 aliphatic heterocycles. The molecule has 1 fully saturated rings. The Labute approximate surface area is 172 Å². The number of carbonyl (C=O) groups is 1. The van der Waals surface area contributed by atoms with Crippen molar-refractivity contribution in [2.75, 3.05) is 26.2 Å². The molecule has 0 unspecified atom stereocenters. The maximum absolute atomic E-state index is 12.6. The van der Waals surface area contributed by atoms with Crippen LogP contribution in [0.5, 0.6) is 0 Å². The minimum atomic E-state index is 0.00585. The molecule has 1 amide bonds. The molecule has 0 atom stereocenters. The maximum Gasteiger partial charge on any atom is 0.241 e. The lowest BCUT2D eigenvalue weighted by molar-refractivity contribution is -0.121. The highest BCUT2D eigenvalue weighted by molar-refractivity contribution is 5.82. The van der Waals surface area contributed by atoms with Crippen LogP contribution in [0.15, 0.2) is 66.9 Å². The quantitative estimate of drug-likeness (QED) is 0.597. The van der Waals surface area contributed by atoms with Gasteiger partial charge in [0.25, 0.3) is 0 Å². The van der Waals surface area contributed by atoms with E-state index in [9.17, 15) is 4.79 Å². The number of hydrogen-bond donors (Lipinski definition) is 1. The van der Waals surface area contributed by atoms with Crippen LogP contribution in [0.2, 0.25) is 0 Å². The molecular weight excluding hydrogens is 360 g/mol. The lowest BCUT2D eigenvalue weighted by Gasteiger charge is -2.14. The predicted octanol–water partition coefficient (Wildman–Crippen LogP) is 3.82. The summed E-state index contributed by atoms with van der Waals surface area (Å²) in [5.74, 6) is 0.00585. The first-order valence-corrected chi connectivity index (χ1v) is 10.5. The molecule has 1 N–H and O–H groups in total. The number of hydrogen-bond acceptors (Lipinski definition) is 3. The third-order valence-corrected chi connectivity index (χ3v) is 5.44. The topological polar surface area (TPSA) is 50.2 Å². The van der Waals surface area contributed by atoms with E-state index in [1.807, 2.05) is 47.3 Å². The fourth-order valence-corrected chi connectivity index (χ4v) is 3.96. The average molecular weight is 389 g/mol. The molecular formula is C24H28N4O. The van der Waals surface area contributed by atoms with Crippen LogP contribution in [-0.2, 0) is 11.3 Å². The van der Waals surface area contributed by atoms with Crippen LogP contribution in [0.3, 0.4) is 0 Å². The van der Waals surface area contributed by atoms with Gasteiger partial charge in [0.15, 0.2) is 0 Å². The molecule has 0 radical (unpaired) electrons. The van der Waals surface area contributed by atoms with E-state index in [2.05, 4.69) is 39.6 Å². The first-order chi connectivity index (χ1) is 14.3. The zero-order valence-corrected chi connectivity index (χ0v) is 16.8. The molecule has 0 spiro atoms. The van der Waals surface area contributed by atoms with Crippen molar-refractivity contribution in [2.45, 2.75) is 25.8 Å². The summed E-state index contributed by atoms with van der Waals surface area (Å²) in [4.78, 5) is 15.0. The standard InChI is InChI=1S/C24H28N4O/c29-23(25-14-9-17-27-15-7-8-16-27)19-28-24(21-12-5-2-6-13-21)22(18-26-28)20-10-3-1-4-11-20/h1-6,10-13,18H,7-9,14-17,19H2,(H,25,29). The van der Waals surface area contributed by atoms with Crippen LogP contribution in [0.25, 0.3) is 22.4 Å². The number of nitrogens with one attached hydrogen (secondary N) is 1. The monoisotopic (exact) mass is 388 g/mol. The molecule has 1 aliphatic rings. The fraction of sp³-hybridized carbons (Fsp3) is 0.333. The third-order valence-electron chi connectivity index (χ3n) is 5.44. The number of likely N-dealkylation sites (tertiary alicyclic amines) is 1. The maximum atomic E-state index is 12.6. The average Bonchev–Trinajstić information content (AvgIpc) is 3.42. The predicted molar refractivity (Wildman–Crippen MR) is 116 cm³/mol. The largest absolute Gasteiger partial charge is 0.354 e. The normalized spacial score (nSPS) is 14.2. The molecule has 150 valence electrons. The van der Waals surface area contributed by atoms with Crippen LogP contribution in [0, 0.1) is 0 Å². The van der Waals surface area contributed by atoms with Crippen LogP contribution in [0.4, 0.5) is 0 Å². The number of amides is 1. The molecule has 2 heterocycles. The number of benzene rings is 2. The summed E-state index contributed by atoms with van der Waals surface area (Å²) in [6.45, 7) is 4.40. The molecule has 5 nitrogen and oxygen atoms in total. The summed E-state index contributed by atoms with van der Waals surface area (Å²) >= 11 is 0. The number of rotatable bonds is 8. The molecule has 29 heavy (non-hydrogen) atoms. The molecule has 1 saturated heterocycles. The Balaban J connectivity index is 1.45. The van der Waals surface area contributed by atoms with Gasteiger partial charge >= 0.3 is 0 Å². The Morgan fingerprint density at radius 1 is 0.931 bits per heavy atom. The van der Waals surface area contributed by atoms with E-state index in [-0.39, 0.29) is 12.5 Å². The van der Waals surface area contributed by atoms with Crippen molar-refractivity contribution < 1.29 is 4.79 Å². The van der Waals surface area contributed by atoms with E-state index in [1.165, 1.54) is 25.9 Å². The Morgan fingerprint density at radius 2 is 1.59 bits per heavy atom. The zero-order chi connectivity index (χ0) is 19.9. The lowest BCUT2D eigenvalue weighted by atomic mass is 10.0. The van der Waals surface area contributed by atoms with Crippen LogP contribution < -0.4 is 5.32 Å². The van der Waals surface area contributed by atoms with Gasteiger partial charge in [-0.1, -0.05) is 60.7 Å². The first-order valence-electron chi connectivity index (χ1n) is 10.5. The van der Waals surface area contributed by atoms with E-state index >= 15 is 0 Å². The summed E-state index contributed by atoms with van der Waals surface area (Å²) < 4.78 is 1.81. The number of nitrogens with zero attached hydrogens (tertiary/aromatic N) is 3. The van der Waals surface area contributed by atoms with E-state index in [4.69, 9.17) is 0 Å². The van der Waals surface area contributed by atoms with Gasteiger partial charge in [0.1, 0.15) is 6.54 Å². The fourth-order valence-electron chi connectivity index (χ4n) is 3.96. The smallest absolute Gasteiger partial charge is 0.241 e. The van der Waals surface area contributed by atoms with Gasteiger partial charge in [-0.25, -0.2) is 0 Å². The van der Waals surface area contributed by atoms with E-state index in [0.717, 1.165) is 35.3 Å². The van der Waals surface area contributed by atoms with Gasteiger partial charge in [-0.2, -0.15) is 5.10 Å². The van der Waals surface area contributed by atoms with Gasteiger partial charge in [-0.3, -0.25) is 9.48 Å². The molecule has 5 heteroatoms. The SMILES string of the molecule is O=C(Cn1ncc(-c2ccccc2)c1-c1ccccc1)NCCCN1CCCC1. The van der Waals surface area contributed by atoms with Gasteiger partial charge in [0.05, 0.1) is 11.9 Å². The van der Waals surface area contributed by atoms with Crippen molar-refractivity contribution in [3.05, 3.63) is 66.9 Å². The number of aromatic nitrogens is 2. The first kappa shape index (κ1) is 19.4. The van der Waals surface area contributed by atoms with Crippen molar-refractivity contribution in [1.29, 1.82) is 0 Å². The van der Waals surface area contributed by atoms with Crippen molar-refractivity contribution >= 4 is 5.91 Å². The lowest BCUT2D eigenvalue weighted by Crippen LogP contribution is -2.31. The minimum Gasteiger partial charge on any atom is -0.354 e.